The van der Waals surface area contributed by atoms with Crippen LogP contribution in [0.3, 0.4) is 0 Å². The molecule has 0 radical (unpaired) electrons. The molecule has 0 atom stereocenters. The van der Waals surface area contributed by atoms with Gasteiger partial charge >= 0.3 is 6.18 Å². The Balaban J connectivity index is 1.70. The minimum Gasteiger partial charge on any atom is -0.360 e. The maximum atomic E-state index is 13.4. The average molecular weight is 527 g/mol. The molecular formula is C22H15Cl2F3N4O2S. The average Bonchev–Trinajstić information content (AvgIpc) is 3.39. The summed E-state index contributed by atoms with van der Waals surface area (Å²) in [5.41, 5.74) is 0.485. The number of imidazole rings is 1. The van der Waals surface area contributed by atoms with Gasteiger partial charge in [-0.15, -0.1) is 0 Å². The van der Waals surface area contributed by atoms with E-state index < -0.39 is 11.7 Å². The Hall–Kier alpha value is -2.95. The van der Waals surface area contributed by atoms with Crippen LogP contribution < -0.4 is 5.32 Å². The van der Waals surface area contributed by atoms with E-state index in [2.05, 4.69) is 15.5 Å². The Bertz CT molecular complexity index is 1350. The van der Waals surface area contributed by atoms with Gasteiger partial charge in [0.15, 0.2) is 11.0 Å². The summed E-state index contributed by atoms with van der Waals surface area (Å²) in [5, 5.41) is 7.23. The van der Waals surface area contributed by atoms with E-state index in [0.29, 0.717) is 27.2 Å². The lowest BCUT2D eigenvalue weighted by Gasteiger charge is -2.15. The summed E-state index contributed by atoms with van der Waals surface area (Å²) < 4.78 is 46.5. The highest BCUT2D eigenvalue weighted by atomic mass is 35.5. The lowest BCUT2D eigenvalue weighted by Crippen LogP contribution is -2.15. The number of thioether (sulfide) groups is 1. The standard InChI is InChI=1S/C22H15Cl2F3N4O2S/c1-12-7-19(30-33-12)29-20(32)11-34-21-28-10-18(13-5-6-16(23)17(24)8-13)31(21)15-4-2-3-14(9-15)22(25,26)27/h2-10H,11H2,1H3,(H,29,30,32). The van der Waals surface area contributed by atoms with E-state index in [1.165, 1.54) is 22.9 Å². The zero-order chi connectivity index (χ0) is 24.5. The first-order valence-electron chi connectivity index (χ1n) is 9.68. The molecule has 1 amide bonds. The predicted octanol–water partition coefficient (Wildman–Crippen LogP) is 6.89. The molecule has 34 heavy (non-hydrogen) atoms. The van der Waals surface area contributed by atoms with Crippen molar-refractivity contribution in [2.24, 2.45) is 0 Å². The van der Waals surface area contributed by atoms with E-state index in [1.807, 2.05) is 0 Å². The summed E-state index contributed by atoms with van der Waals surface area (Å²) in [6.45, 7) is 1.69. The second-order valence-corrected chi connectivity index (χ2v) is 8.85. The van der Waals surface area contributed by atoms with Crippen LogP contribution in [0.5, 0.6) is 0 Å². The quantitative estimate of drug-likeness (QED) is 0.277. The molecule has 0 aliphatic rings. The number of anilines is 1. The monoisotopic (exact) mass is 526 g/mol. The molecule has 0 saturated heterocycles. The Labute approximate surface area is 206 Å². The maximum Gasteiger partial charge on any atom is 0.416 e. The molecule has 2 heterocycles. The van der Waals surface area contributed by atoms with Gasteiger partial charge in [-0.3, -0.25) is 9.36 Å². The molecule has 0 unspecified atom stereocenters. The van der Waals surface area contributed by atoms with Gasteiger partial charge in [-0.25, -0.2) is 4.98 Å². The van der Waals surface area contributed by atoms with Crippen LogP contribution in [0.15, 0.2) is 64.4 Å². The number of carbonyl (C=O) groups excluding carboxylic acids is 1. The molecule has 4 aromatic rings. The molecule has 1 N–H and O–H groups in total. The second kappa shape index (κ2) is 9.73. The first-order chi connectivity index (χ1) is 16.1. The minimum absolute atomic E-state index is 0.0668. The van der Waals surface area contributed by atoms with Crippen LogP contribution in [0.1, 0.15) is 11.3 Å². The fourth-order valence-corrected chi connectivity index (χ4v) is 4.19. The van der Waals surface area contributed by atoms with Crippen molar-refractivity contribution < 1.29 is 22.5 Å². The van der Waals surface area contributed by atoms with Crippen LogP contribution in [0, 0.1) is 6.92 Å². The third kappa shape index (κ3) is 5.40. The number of halogens is 5. The molecule has 4 rings (SSSR count). The number of nitrogens with one attached hydrogen (secondary N) is 1. The third-order valence-corrected chi connectivity index (χ3v) is 6.30. The number of nitrogens with zero attached hydrogens (tertiary/aromatic N) is 3. The molecular weight excluding hydrogens is 512 g/mol. The van der Waals surface area contributed by atoms with Gasteiger partial charge in [-0.1, -0.05) is 52.3 Å². The third-order valence-electron chi connectivity index (χ3n) is 4.60. The Morgan fingerprint density at radius 2 is 1.94 bits per heavy atom. The molecule has 0 spiro atoms. The van der Waals surface area contributed by atoms with Crippen molar-refractivity contribution in [3.05, 3.63) is 76.1 Å². The van der Waals surface area contributed by atoms with Crippen molar-refractivity contribution >= 4 is 46.7 Å². The van der Waals surface area contributed by atoms with Crippen molar-refractivity contribution in [3.8, 4) is 16.9 Å². The molecule has 176 valence electrons. The minimum atomic E-state index is -4.52. The highest BCUT2D eigenvalue weighted by molar-refractivity contribution is 7.99. The second-order valence-electron chi connectivity index (χ2n) is 7.10. The van der Waals surface area contributed by atoms with Gasteiger partial charge in [0.2, 0.25) is 5.91 Å². The lowest BCUT2D eigenvalue weighted by atomic mass is 10.1. The highest BCUT2D eigenvalue weighted by Crippen LogP contribution is 2.35. The Morgan fingerprint density at radius 3 is 2.62 bits per heavy atom. The molecule has 0 aliphatic heterocycles. The topological polar surface area (TPSA) is 73.0 Å². The predicted molar refractivity (Wildman–Crippen MR) is 125 cm³/mol. The summed E-state index contributed by atoms with van der Waals surface area (Å²) >= 11 is 13.2. The van der Waals surface area contributed by atoms with E-state index >= 15 is 0 Å². The molecule has 12 heteroatoms. The number of carbonyl (C=O) groups is 1. The number of aryl methyl sites for hydroxylation is 1. The summed E-state index contributed by atoms with van der Waals surface area (Å²) in [6, 6.07) is 11.3. The Kier molecular flexibility index (Phi) is 6.92. The number of hydrogen-bond donors (Lipinski definition) is 1. The van der Waals surface area contributed by atoms with Crippen molar-refractivity contribution in [1.29, 1.82) is 0 Å². The number of amides is 1. The first kappa shape index (κ1) is 24.2. The van der Waals surface area contributed by atoms with Crippen LogP contribution in [-0.2, 0) is 11.0 Å². The van der Waals surface area contributed by atoms with Crippen LogP contribution in [-0.4, -0.2) is 26.4 Å². The van der Waals surface area contributed by atoms with Crippen molar-refractivity contribution in [2.45, 2.75) is 18.3 Å². The Morgan fingerprint density at radius 1 is 1.15 bits per heavy atom. The normalized spacial score (nSPS) is 11.6. The van der Waals surface area contributed by atoms with Crippen LogP contribution in [0.25, 0.3) is 16.9 Å². The van der Waals surface area contributed by atoms with Gasteiger partial charge in [-0.05, 0) is 37.3 Å². The van der Waals surface area contributed by atoms with E-state index in [0.717, 1.165) is 23.9 Å². The van der Waals surface area contributed by atoms with Crippen LogP contribution >= 0.6 is 35.0 Å². The summed E-state index contributed by atoms with van der Waals surface area (Å²) in [6.07, 6.45) is -3.02. The number of benzene rings is 2. The molecule has 0 bridgehead atoms. The highest BCUT2D eigenvalue weighted by Gasteiger charge is 2.31. The van der Waals surface area contributed by atoms with Crippen LogP contribution in [0.4, 0.5) is 19.0 Å². The molecule has 6 nitrogen and oxygen atoms in total. The zero-order valence-electron chi connectivity index (χ0n) is 17.4. The van der Waals surface area contributed by atoms with Crippen molar-refractivity contribution in [2.75, 3.05) is 11.1 Å². The fraction of sp³-hybridized carbons (Fsp3) is 0.136. The summed E-state index contributed by atoms with van der Waals surface area (Å²) in [4.78, 5) is 16.7. The zero-order valence-corrected chi connectivity index (χ0v) is 19.7. The molecule has 2 aromatic carbocycles. The van der Waals surface area contributed by atoms with E-state index in [1.54, 1.807) is 31.2 Å². The fourth-order valence-electron chi connectivity index (χ4n) is 3.10. The smallest absolute Gasteiger partial charge is 0.360 e. The van der Waals surface area contributed by atoms with Crippen molar-refractivity contribution in [3.63, 3.8) is 0 Å². The van der Waals surface area contributed by atoms with Gasteiger partial charge in [-0.2, -0.15) is 13.2 Å². The van der Waals surface area contributed by atoms with Gasteiger partial charge in [0, 0.05) is 17.3 Å². The summed E-state index contributed by atoms with van der Waals surface area (Å²) in [5.74, 6) is 0.353. The van der Waals surface area contributed by atoms with E-state index in [4.69, 9.17) is 27.7 Å². The van der Waals surface area contributed by atoms with Gasteiger partial charge in [0.25, 0.3) is 0 Å². The molecule has 2 aromatic heterocycles. The maximum absolute atomic E-state index is 13.4. The van der Waals surface area contributed by atoms with Crippen LogP contribution in [0.2, 0.25) is 10.0 Å². The molecule has 0 fully saturated rings. The number of aromatic nitrogens is 3. The SMILES string of the molecule is Cc1cc(NC(=O)CSc2ncc(-c3ccc(Cl)c(Cl)c3)n2-c2cccc(C(F)(F)F)c2)no1. The number of hydrogen-bond acceptors (Lipinski definition) is 5. The van der Waals surface area contributed by atoms with E-state index in [9.17, 15) is 18.0 Å². The van der Waals surface area contributed by atoms with Crippen molar-refractivity contribution in [1.82, 2.24) is 14.7 Å². The van der Waals surface area contributed by atoms with Gasteiger partial charge < -0.3 is 9.84 Å². The number of rotatable bonds is 6. The lowest BCUT2D eigenvalue weighted by molar-refractivity contribution is -0.137. The van der Waals surface area contributed by atoms with E-state index in [-0.39, 0.29) is 28.2 Å². The van der Waals surface area contributed by atoms with Gasteiger partial charge in [0.05, 0.1) is 33.3 Å². The molecule has 0 aliphatic carbocycles. The largest absolute Gasteiger partial charge is 0.416 e. The summed E-state index contributed by atoms with van der Waals surface area (Å²) in [7, 11) is 0. The number of alkyl halides is 3. The molecule has 0 saturated carbocycles. The first-order valence-corrected chi connectivity index (χ1v) is 11.4. The van der Waals surface area contributed by atoms with Gasteiger partial charge in [0.1, 0.15) is 5.76 Å².